The van der Waals surface area contributed by atoms with E-state index in [1.807, 2.05) is 35.9 Å². The average Bonchev–Trinajstić information content (AvgIpc) is 2.92. The van der Waals surface area contributed by atoms with Crippen LogP contribution in [0.2, 0.25) is 0 Å². The molecule has 0 radical (unpaired) electrons. The van der Waals surface area contributed by atoms with Gasteiger partial charge in [0.2, 0.25) is 0 Å². The van der Waals surface area contributed by atoms with Crippen molar-refractivity contribution in [3.8, 4) is 0 Å². The van der Waals surface area contributed by atoms with Crippen LogP contribution in [0.25, 0.3) is 21.0 Å². The highest BCUT2D eigenvalue weighted by Gasteiger charge is 2.14. The molecule has 6 nitrogen and oxygen atoms in total. The molecular weight excluding hydrogens is 324 g/mol. The van der Waals surface area contributed by atoms with Gasteiger partial charge in [-0.05, 0) is 18.2 Å². The Morgan fingerprint density at radius 3 is 2.62 bits per heavy atom. The number of aromatic amines is 1. The second-order valence-corrected chi connectivity index (χ2v) is 6.28. The highest BCUT2D eigenvalue weighted by atomic mass is 32.1. The molecule has 0 aliphatic carbocycles. The lowest BCUT2D eigenvalue weighted by atomic mass is 10.1. The topological polar surface area (TPSA) is 80.1 Å². The number of nitrogens with zero attached hydrogens (tertiary/aromatic N) is 3. The van der Waals surface area contributed by atoms with Gasteiger partial charge in [-0.1, -0.05) is 41.7 Å². The smallest absolute Gasteiger partial charge is 0.300 e. The summed E-state index contributed by atoms with van der Waals surface area (Å²) in [5, 5.41) is 7.18. The van der Waals surface area contributed by atoms with E-state index < -0.39 is 5.91 Å². The predicted molar refractivity (Wildman–Crippen MR) is 93.1 cm³/mol. The molecule has 0 unspecified atom stereocenters. The number of benzene rings is 2. The third-order valence-electron chi connectivity index (χ3n) is 3.81. The van der Waals surface area contributed by atoms with Gasteiger partial charge in [0.25, 0.3) is 5.56 Å². The van der Waals surface area contributed by atoms with E-state index in [4.69, 9.17) is 0 Å². The fourth-order valence-corrected chi connectivity index (χ4v) is 3.62. The standard InChI is InChI=1S/C17H12N4O2S/c1-21-12-8-4-5-9-13(12)24-17(21)18-16(23)14-10-6-2-3-7-11(10)15(22)20-19-14/h2-9H,1H3,(H,20,22). The zero-order valence-corrected chi connectivity index (χ0v) is 13.5. The molecule has 0 saturated carbocycles. The molecule has 118 valence electrons. The number of H-pyrrole nitrogens is 1. The monoisotopic (exact) mass is 336 g/mol. The molecule has 24 heavy (non-hydrogen) atoms. The van der Waals surface area contributed by atoms with E-state index in [0.717, 1.165) is 10.2 Å². The molecule has 0 atom stereocenters. The molecule has 0 spiro atoms. The number of aromatic nitrogens is 3. The van der Waals surface area contributed by atoms with Gasteiger partial charge in [0, 0.05) is 12.4 Å². The third kappa shape index (κ3) is 2.26. The van der Waals surface area contributed by atoms with Crippen LogP contribution in [0.3, 0.4) is 0 Å². The lowest BCUT2D eigenvalue weighted by Gasteiger charge is -2.00. The maximum Gasteiger partial charge on any atom is 0.300 e. The molecule has 0 bridgehead atoms. The Hall–Kier alpha value is -3.06. The molecule has 1 N–H and O–H groups in total. The summed E-state index contributed by atoms with van der Waals surface area (Å²) in [6, 6.07) is 14.7. The van der Waals surface area contributed by atoms with Crippen LogP contribution in [0, 0.1) is 0 Å². The molecule has 0 aliphatic heterocycles. The van der Waals surface area contributed by atoms with E-state index in [1.54, 1.807) is 24.3 Å². The first-order chi connectivity index (χ1) is 11.6. The van der Waals surface area contributed by atoms with Crippen molar-refractivity contribution in [3.63, 3.8) is 0 Å². The van der Waals surface area contributed by atoms with Gasteiger partial charge in [0.05, 0.1) is 15.6 Å². The third-order valence-corrected chi connectivity index (χ3v) is 4.92. The van der Waals surface area contributed by atoms with Crippen LogP contribution in [0.4, 0.5) is 0 Å². The fourth-order valence-electron chi connectivity index (χ4n) is 2.61. The van der Waals surface area contributed by atoms with Gasteiger partial charge < -0.3 is 4.57 Å². The van der Waals surface area contributed by atoms with E-state index in [-0.39, 0.29) is 11.3 Å². The minimum absolute atomic E-state index is 0.141. The van der Waals surface area contributed by atoms with Crippen molar-refractivity contribution in [2.24, 2.45) is 12.0 Å². The Balaban J connectivity index is 1.92. The number of nitrogens with one attached hydrogen (secondary N) is 1. The average molecular weight is 336 g/mol. The summed E-state index contributed by atoms with van der Waals surface area (Å²) in [6.07, 6.45) is 0. The first-order valence-corrected chi connectivity index (χ1v) is 8.08. The summed E-state index contributed by atoms with van der Waals surface area (Å²) in [7, 11) is 1.86. The van der Waals surface area contributed by atoms with Crippen molar-refractivity contribution in [2.75, 3.05) is 0 Å². The van der Waals surface area contributed by atoms with Gasteiger partial charge >= 0.3 is 5.91 Å². The number of hydrogen-bond acceptors (Lipinski definition) is 4. The first-order valence-electron chi connectivity index (χ1n) is 7.26. The van der Waals surface area contributed by atoms with Gasteiger partial charge in [0.15, 0.2) is 10.5 Å². The van der Waals surface area contributed by atoms with Gasteiger partial charge in [-0.25, -0.2) is 5.10 Å². The number of fused-ring (bicyclic) bond motifs is 2. The molecule has 0 aliphatic rings. The van der Waals surface area contributed by atoms with Crippen molar-refractivity contribution >= 4 is 38.2 Å². The zero-order valence-electron chi connectivity index (χ0n) is 12.7. The first kappa shape index (κ1) is 14.5. The summed E-state index contributed by atoms with van der Waals surface area (Å²) in [6.45, 7) is 0. The van der Waals surface area contributed by atoms with Crippen molar-refractivity contribution in [1.82, 2.24) is 14.8 Å². The summed E-state index contributed by atoms with van der Waals surface area (Å²) in [5.41, 5.74) is 0.825. The van der Waals surface area contributed by atoms with E-state index in [9.17, 15) is 9.59 Å². The lowest BCUT2D eigenvalue weighted by Crippen LogP contribution is -2.17. The Morgan fingerprint density at radius 1 is 1.12 bits per heavy atom. The number of rotatable bonds is 1. The van der Waals surface area contributed by atoms with Crippen molar-refractivity contribution < 1.29 is 4.79 Å². The Kier molecular flexibility index (Phi) is 3.35. The van der Waals surface area contributed by atoms with Crippen LogP contribution in [0.15, 0.2) is 58.3 Å². The molecule has 0 saturated heterocycles. The molecule has 7 heteroatoms. The maximum atomic E-state index is 12.6. The van der Waals surface area contributed by atoms with Crippen LogP contribution in [0.5, 0.6) is 0 Å². The quantitative estimate of drug-likeness (QED) is 0.579. The number of amides is 1. The van der Waals surface area contributed by atoms with Crippen LogP contribution >= 0.6 is 11.3 Å². The number of para-hydroxylation sites is 1. The Morgan fingerprint density at radius 2 is 1.83 bits per heavy atom. The molecule has 4 aromatic rings. The maximum absolute atomic E-state index is 12.6. The van der Waals surface area contributed by atoms with Crippen molar-refractivity contribution in [1.29, 1.82) is 0 Å². The molecular formula is C17H12N4O2S. The largest absolute Gasteiger partial charge is 0.319 e. The number of thiazole rings is 1. The Bertz CT molecular complexity index is 1220. The van der Waals surface area contributed by atoms with Crippen LogP contribution in [-0.2, 0) is 7.05 Å². The van der Waals surface area contributed by atoms with Crippen molar-refractivity contribution in [2.45, 2.75) is 0 Å². The van der Waals surface area contributed by atoms with Gasteiger partial charge in [-0.15, -0.1) is 0 Å². The lowest BCUT2D eigenvalue weighted by molar-refractivity contribution is 0.0994. The van der Waals surface area contributed by atoms with Gasteiger partial charge in [-0.2, -0.15) is 10.1 Å². The normalized spacial score (nSPS) is 12.1. The SMILES string of the molecule is Cn1c(=NC(=O)c2n[nH]c(=O)c3ccccc23)sc2ccccc21. The molecule has 2 heterocycles. The molecule has 1 amide bonds. The van der Waals surface area contributed by atoms with E-state index in [0.29, 0.717) is 15.6 Å². The summed E-state index contributed by atoms with van der Waals surface area (Å²) in [4.78, 5) is 29.2. The second-order valence-electron chi connectivity index (χ2n) is 5.28. The highest BCUT2D eigenvalue weighted by Crippen LogP contribution is 2.16. The number of carbonyl (C=O) groups is 1. The van der Waals surface area contributed by atoms with Crippen LogP contribution < -0.4 is 10.4 Å². The van der Waals surface area contributed by atoms with Crippen LogP contribution in [-0.4, -0.2) is 20.7 Å². The molecule has 4 rings (SSSR count). The summed E-state index contributed by atoms with van der Waals surface area (Å²) < 4.78 is 2.91. The summed E-state index contributed by atoms with van der Waals surface area (Å²) in [5.74, 6) is -0.482. The van der Waals surface area contributed by atoms with Crippen LogP contribution in [0.1, 0.15) is 10.5 Å². The molecule has 2 aromatic heterocycles. The van der Waals surface area contributed by atoms with E-state index in [1.165, 1.54) is 11.3 Å². The second kappa shape index (κ2) is 5.54. The zero-order chi connectivity index (χ0) is 16.7. The Labute approximate surface area is 139 Å². The highest BCUT2D eigenvalue weighted by molar-refractivity contribution is 7.16. The van der Waals surface area contributed by atoms with Gasteiger partial charge in [-0.3, -0.25) is 9.59 Å². The minimum atomic E-state index is -0.482. The van der Waals surface area contributed by atoms with Crippen molar-refractivity contribution in [3.05, 3.63) is 69.4 Å². The predicted octanol–water partition coefficient (Wildman–Crippen LogP) is 2.22. The number of carbonyl (C=O) groups excluding carboxylic acids is 1. The number of aryl methyl sites for hydroxylation is 1. The fraction of sp³-hybridized carbons (Fsp3) is 0.0588. The summed E-state index contributed by atoms with van der Waals surface area (Å²) >= 11 is 1.43. The van der Waals surface area contributed by atoms with Gasteiger partial charge in [0.1, 0.15) is 0 Å². The van der Waals surface area contributed by atoms with E-state index in [2.05, 4.69) is 15.2 Å². The number of hydrogen-bond donors (Lipinski definition) is 1. The minimum Gasteiger partial charge on any atom is -0.319 e. The van der Waals surface area contributed by atoms with E-state index >= 15 is 0 Å². The molecule has 2 aromatic carbocycles. The molecule has 0 fully saturated rings.